The molecule has 0 amide bonds. The van der Waals surface area contributed by atoms with Gasteiger partial charge in [0.15, 0.2) is 6.29 Å². The Hall–Kier alpha value is -0.580. The molecule has 4 nitrogen and oxygen atoms in total. The first kappa shape index (κ1) is 8.42. The lowest BCUT2D eigenvalue weighted by Gasteiger charge is -2.07. The summed E-state index contributed by atoms with van der Waals surface area (Å²) < 4.78 is 0. The van der Waals surface area contributed by atoms with Gasteiger partial charge in [-0.3, -0.25) is 0 Å². The molecule has 0 unspecified atom stereocenters. The Bertz CT molecular complexity index is 93.0. The highest BCUT2D eigenvalue weighted by Gasteiger charge is 1.94. The molecular weight excluding hydrogens is 120 g/mol. The number of nitrogens with one attached hydrogen (secondary N) is 1. The van der Waals surface area contributed by atoms with Gasteiger partial charge in [-0.2, -0.15) is 0 Å². The topological polar surface area (TPSA) is 78.5 Å². The fraction of sp³-hybridized carbons (Fsp3) is 0.600. The highest BCUT2D eigenvalue weighted by Crippen LogP contribution is 1.77. The van der Waals surface area contributed by atoms with E-state index in [4.69, 9.17) is 15.9 Å². The minimum Gasteiger partial charge on any atom is -0.383 e. The minimum absolute atomic E-state index is 0.0794. The Labute approximate surface area is 54.0 Å². The number of hydrogen-bond acceptors (Lipinski definition) is 4. The van der Waals surface area contributed by atoms with Crippen LogP contribution in [0.4, 0.5) is 0 Å². The zero-order valence-corrected chi connectivity index (χ0v) is 5.17. The van der Waals surface area contributed by atoms with Gasteiger partial charge >= 0.3 is 0 Å². The van der Waals surface area contributed by atoms with Gasteiger partial charge < -0.3 is 21.3 Å². The van der Waals surface area contributed by atoms with Crippen molar-refractivity contribution in [1.82, 2.24) is 5.32 Å². The molecule has 9 heavy (non-hydrogen) atoms. The molecule has 0 aliphatic carbocycles. The van der Waals surface area contributed by atoms with Gasteiger partial charge in [0.05, 0.1) is 6.54 Å². The Morgan fingerprint density at radius 2 is 2.22 bits per heavy atom. The maximum atomic E-state index is 8.31. The summed E-state index contributed by atoms with van der Waals surface area (Å²) >= 11 is 0. The second-order valence-electron chi connectivity index (χ2n) is 1.67. The molecule has 5 N–H and O–H groups in total. The lowest BCUT2D eigenvalue weighted by molar-refractivity contribution is -0.0355. The van der Waals surface area contributed by atoms with Gasteiger partial charge in [0.1, 0.15) is 0 Å². The van der Waals surface area contributed by atoms with Gasteiger partial charge in [0.25, 0.3) is 0 Å². The van der Waals surface area contributed by atoms with Crippen molar-refractivity contribution >= 4 is 0 Å². The molecule has 0 saturated carbocycles. The summed E-state index contributed by atoms with van der Waals surface area (Å²) in [5.74, 6) is 0. The quantitative estimate of drug-likeness (QED) is 0.346. The smallest absolute Gasteiger partial charge is 0.169 e. The molecule has 0 aromatic heterocycles. The number of hydrogen-bond donors (Lipinski definition) is 4. The van der Waals surface area contributed by atoms with E-state index in [-0.39, 0.29) is 6.54 Å². The Kier molecular flexibility index (Phi) is 4.04. The molecule has 0 aromatic rings. The predicted molar refractivity (Wildman–Crippen MR) is 34.4 cm³/mol. The van der Waals surface area contributed by atoms with Crippen molar-refractivity contribution in [3.05, 3.63) is 12.3 Å². The average Bonchev–Trinajstić information content (AvgIpc) is 1.83. The number of rotatable bonds is 4. The highest BCUT2D eigenvalue weighted by atomic mass is 16.5. The SMILES string of the molecule is C=C(CN)NCC(O)O. The van der Waals surface area contributed by atoms with Gasteiger partial charge in [-0.15, -0.1) is 0 Å². The molecule has 0 rings (SSSR count). The summed E-state index contributed by atoms with van der Waals surface area (Å²) in [7, 11) is 0. The van der Waals surface area contributed by atoms with Crippen molar-refractivity contribution in [2.24, 2.45) is 5.73 Å². The van der Waals surface area contributed by atoms with Crippen molar-refractivity contribution in [3.8, 4) is 0 Å². The second-order valence-corrected chi connectivity index (χ2v) is 1.67. The Morgan fingerprint density at radius 1 is 1.67 bits per heavy atom. The zero-order chi connectivity index (χ0) is 7.28. The van der Waals surface area contributed by atoms with E-state index in [2.05, 4.69) is 11.9 Å². The monoisotopic (exact) mass is 132 g/mol. The van der Waals surface area contributed by atoms with Gasteiger partial charge in [-0.25, -0.2) is 0 Å². The summed E-state index contributed by atoms with van der Waals surface area (Å²) in [6.45, 7) is 3.88. The Morgan fingerprint density at radius 3 is 2.56 bits per heavy atom. The van der Waals surface area contributed by atoms with Crippen LogP contribution in [0.25, 0.3) is 0 Å². The van der Waals surface area contributed by atoms with E-state index in [1.165, 1.54) is 0 Å². The molecule has 0 spiro atoms. The van der Waals surface area contributed by atoms with Gasteiger partial charge in [-0.1, -0.05) is 6.58 Å². The standard InChI is InChI=1S/C5H12N2O2/c1-4(2-6)7-3-5(8)9/h5,7-9H,1-3,6H2. The summed E-state index contributed by atoms with van der Waals surface area (Å²) in [4.78, 5) is 0. The predicted octanol–water partition coefficient (Wildman–Crippen LogP) is -1.64. The molecule has 0 radical (unpaired) electrons. The van der Waals surface area contributed by atoms with Crippen LogP contribution in [0, 0.1) is 0 Å². The normalized spacial score (nSPS) is 9.78. The van der Waals surface area contributed by atoms with Crippen molar-refractivity contribution in [3.63, 3.8) is 0 Å². The van der Waals surface area contributed by atoms with E-state index in [1.807, 2.05) is 0 Å². The first-order valence-corrected chi connectivity index (χ1v) is 2.64. The van der Waals surface area contributed by atoms with Crippen LogP contribution in [0.5, 0.6) is 0 Å². The number of nitrogens with two attached hydrogens (primary N) is 1. The van der Waals surface area contributed by atoms with E-state index in [9.17, 15) is 0 Å². The van der Waals surface area contributed by atoms with Gasteiger partial charge in [-0.05, 0) is 0 Å². The van der Waals surface area contributed by atoms with E-state index >= 15 is 0 Å². The number of aliphatic hydroxyl groups excluding tert-OH is 1. The average molecular weight is 132 g/mol. The zero-order valence-electron chi connectivity index (χ0n) is 5.17. The van der Waals surface area contributed by atoms with E-state index in [0.29, 0.717) is 12.2 Å². The Balaban J connectivity index is 3.17. The minimum atomic E-state index is -1.34. The van der Waals surface area contributed by atoms with Gasteiger partial charge in [0.2, 0.25) is 0 Å². The molecule has 54 valence electrons. The van der Waals surface area contributed by atoms with Crippen LogP contribution in [-0.2, 0) is 0 Å². The van der Waals surface area contributed by atoms with Crippen LogP contribution in [0.1, 0.15) is 0 Å². The summed E-state index contributed by atoms with van der Waals surface area (Å²) in [6, 6.07) is 0. The van der Waals surface area contributed by atoms with Crippen LogP contribution < -0.4 is 11.1 Å². The molecule has 0 saturated heterocycles. The maximum absolute atomic E-state index is 8.31. The summed E-state index contributed by atoms with van der Waals surface area (Å²) in [5.41, 5.74) is 5.73. The lowest BCUT2D eigenvalue weighted by Crippen LogP contribution is -2.28. The molecule has 4 heteroatoms. The van der Waals surface area contributed by atoms with E-state index in [0.717, 1.165) is 0 Å². The van der Waals surface area contributed by atoms with E-state index < -0.39 is 6.29 Å². The van der Waals surface area contributed by atoms with Crippen molar-refractivity contribution in [1.29, 1.82) is 0 Å². The van der Waals surface area contributed by atoms with Crippen molar-refractivity contribution < 1.29 is 10.2 Å². The van der Waals surface area contributed by atoms with Crippen molar-refractivity contribution in [2.75, 3.05) is 13.1 Å². The molecule has 0 heterocycles. The van der Waals surface area contributed by atoms with Crippen LogP contribution in [0.2, 0.25) is 0 Å². The second kappa shape index (κ2) is 4.31. The first-order chi connectivity index (χ1) is 4.16. The fourth-order valence-corrected chi connectivity index (χ4v) is 0.308. The van der Waals surface area contributed by atoms with Crippen LogP contribution in [0.3, 0.4) is 0 Å². The summed E-state index contributed by atoms with van der Waals surface area (Å²) in [6.07, 6.45) is -1.34. The molecule has 0 aliphatic heterocycles. The maximum Gasteiger partial charge on any atom is 0.169 e. The molecule has 0 aromatic carbocycles. The molecule has 0 atom stereocenters. The van der Waals surface area contributed by atoms with Gasteiger partial charge in [0, 0.05) is 12.2 Å². The third kappa shape index (κ3) is 5.29. The fourth-order valence-electron chi connectivity index (χ4n) is 0.308. The lowest BCUT2D eigenvalue weighted by atomic mass is 10.5. The molecule has 0 fully saturated rings. The third-order valence-electron chi connectivity index (χ3n) is 0.781. The first-order valence-electron chi connectivity index (χ1n) is 2.64. The molecular formula is C5H12N2O2. The molecule has 0 bridgehead atoms. The summed E-state index contributed by atoms with van der Waals surface area (Å²) in [5, 5.41) is 19.2. The molecule has 0 aliphatic rings. The van der Waals surface area contributed by atoms with Crippen LogP contribution >= 0.6 is 0 Å². The number of aliphatic hydroxyl groups is 2. The third-order valence-corrected chi connectivity index (χ3v) is 0.781. The van der Waals surface area contributed by atoms with Crippen molar-refractivity contribution in [2.45, 2.75) is 6.29 Å². The van der Waals surface area contributed by atoms with Crippen LogP contribution in [-0.4, -0.2) is 29.6 Å². The van der Waals surface area contributed by atoms with E-state index in [1.54, 1.807) is 0 Å². The largest absolute Gasteiger partial charge is 0.383 e. The van der Waals surface area contributed by atoms with Crippen LogP contribution in [0.15, 0.2) is 12.3 Å². The highest BCUT2D eigenvalue weighted by molar-refractivity contribution is 4.91.